The Bertz CT molecular complexity index is 1330. The van der Waals surface area contributed by atoms with Crippen LogP contribution >= 0.6 is 0 Å². The predicted molar refractivity (Wildman–Crippen MR) is 164 cm³/mol. The molecular weight excluding hydrogens is 552 g/mol. The van der Waals surface area contributed by atoms with E-state index in [0.717, 1.165) is 70.0 Å². The molecule has 2 amide bonds. The molecule has 3 fully saturated rings. The van der Waals surface area contributed by atoms with Crippen molar-refractivity contribution in [3.63, 3.8) is 0 Å². The molecule has 2 heterocycles. The summed E-state index contributed by atoms with van der Waals surface area (Å²) in [5, 5.41) is 3.21. The molecule has 9 nitrogen and oxygen atoms in total. The highest BCUT2D eigenvalue weighted by molar-refractivity contribution is 7.92. The minimum Gasteiger partial charge on any atom is -0.457 e. The number of benzene rings is 2. The van der Waals surface area contributed by atoms with E-state index in [9.17, 15) is 18.0 Å². The van der Waals surface area contributed by atoms with Crippen LogP contribution in [0.5, 0.6) is 11.5 Å². The molecule has 5 rings (SSSR count). The lowest BCUT2D eigenvalue weighted by Crippen LogP contribution is -2.74. The zero-order chi connectivity index (χ0) is 29.7. The number of likely N-dealkylation sites (tertiary alicyclic amines) is 1. The first kappa shape index (κ1) is 30.4. The molecule has 1 aliphatic carbocycles. The minimum atomic E-state index is -3.32. The third-order valence-corrected chi connectivity index (χ3v) is 9.63. The number of piperazine rings is 1. The highest BCUT2D eigenvalue weighted by Gasteiger charge is 2.54. The number of anilines is 1. The molecule has 2 saturated heterocycles. The zero-order valence-electron chi connectivity index (χ0n) is 24.8. The van der Waals surface area contributed by atoms with Crippen molar-refractivity contribution in [3.05, 3.63) is 54.1 Å². The molecule has 1 spiro atoms. The standard InChI is InChI=1S/C32H44N4O5S/c1-3-4-20-36-30(37)29(25-8-6-5-7-9-25)33-31(38)32(36)18-21-35(22-19-32)23-24-10-14-27(15-11-24)41-28-16-12-26(13-17-28)34-42(2,39)40/h10-17,25,29,34H,3-9,18-23H2,1-2H3,(H,33,38)/t29-/m0/s1. The van der Waals surface area contributed by atoms with Crippen LogP contribution in [0, 0.1) is 5.92 Å². The number of rotatable bonds is 10. The molecule has 228 valence electrons. The minimum absolute atomic E-state index is 0.0510. The van der Waals surface area contributed by atoms with Crippen LogP contribution in [0.2, 0.25) is 0 Å². The molecule has 1 atom stereocenters. The van der Waals surface area contributed by atoms with Gasteiger partial charge in [0.05, 0.1) is 6.26 Å². The molecule has 42 heavy (non-hydrogen) atoms. The Labute approximate surface area is 250 Å². The maximum atomic E-state index is 13.8. The average Bonchev–Trinajstić information content (AvgIpc) is 2.98. The second-order valence-corrected chi connectivity index (χ2v) is 13.9. The first-order valence-corrected chi connectivity index (χ1v) is 17.3. The first-order valence-electron chi connectivity index (χ1n) is 15.4. The third kappa shape index (κ3) is 7.09. The number of hydrogen-bond acceptors (Lipinski definition) is 6. The summed E-state index contributed by atoms with van der Waals surface area (Å²) < 4.78 is 31.2. The Morgan fingerprint density at radius 3 is 2.17 bits per heavy atom. The van der Waals surface area contributed by atoms with Crippen LogP contribution < -0.4 is 14.8 Å². The molecule has 2 aromatic rings. The van der Waals surface area contributed by atoms with Crippen molar-refractivity contribution < 1.29 is 22.7 Å². The first-order chi connectivity index (χ1) is 20.2. The van der Waals surface area contributed by atoms with Gasteiger partial charge < -0.3 is 15.0 Å². The summed E-state index contributed by atoms with van der Waals surface area (Å²) in [7, 11) is -3.32. The molecule has 0 radical (unpaired) electrons. The van der Waals surface area contributed by atoms with E-state index >= 15 is 0 Å². The summed E-state index contributed by atoms with van der Waals surface area (Å²) in [5.74, 6) is 1.76. The summed E-state index contributed by atoms with van der Waals surface area (Å²) in [6.45, 7) is 5.06. The highest BCUT2D eigenvalue weighted by Crippen LogP contribution is 2.37. The zero-order valence-corrected chi connectivity index (χ0v) is 25.6. The average molecular weight is 597 g/mol. The molecule has 1 saturated carbocycles. The van der Waals surface area contributed by atoms with Gasteiger partial charge >= 0.3 is 0 Å². The molecule has 3 aliphatic rings. The molecule has 2 aliphatic heterocycles. The normalized spacial score (nSPS) is 21.8. The number of hydrogen-bond donors (Lipinski definition) is 2. The Morgan fingerprint density at radius 1 is 0.952 bits per heavy atom. The summed E-state index contributed by atoms with van der Waals surface area (Å²) in [6.07, 6.45) is 9.88. The topological polar surface area (TPSA) is 108 Å². The number of carbonyl (C=O) groups excluding carboxylic acids is 2. The van der Waals surface area contributed by atoms with Crippen molar-refractivity contribution in [3.8, 4) is 11.5 Å². The van der Waals surface area contributed by atoms with Crippen molar-refractivity contribution in [2.45, 2.75) is 82.8 Å². The van der Waals surface area contributed by atoms with Crippen LogP contribution in [0.3, 0.4) is 0 Å². The molecule has 10 heteroatoms. The number of ether oxygens (including phenoxy) is 1. The van der Waals surface area contributed by atoms with Gasteiger partial charge in [0.15, 0.2) is 0 Å². The van der Waals surface area contributed by atoms with Crippen molar-refractivity contribution >= 4 is 27.5 Å². The van der Waals surface area contributed by atoms with E-state index < -0.39 is 15.6 Å². The van der Waals surface area contributed by atoms with Gasteiger partial charge in [-0.05, 0) is 80.0 Å². The fourth-order valence-corrected chi connectivity index (χ4v) is 7.27. The Kier molecular flexibility index (Phi) is 9.42. The summed E-state index contributed by atoms with van der Waals surface area (Å²) in [6, 6.07) is 14.3. The van der Waals surface area contributed by atoms with Gasteiger partial charge in [-0.25, -0.2) is 8.42 Å². The van der Waals surface area contributed by atoms with E-state index in [0.29, 0.717) is 36.6 Å². The van der Waals surface area contributed by atoms with Gasteiger partial charge in [0, 0.05) is 31.9 Å². The summed E-state index contributed by atoms with van der Waals surface area (Å²) in [5.41, 5.74) is 0.893. The van der Waals surface area contributed by atoms with Gasteiger partial charge in [-0.15, -0.1) is 0 Å². The number of unbranched alkanes of at least 4 members (excludes halogenated alkanes) is 1. The smallest absolute Gasteiger partial charge is 0.246 e. The molecule has 0 unspecified atom stereocenters. The predicted octanol–water partition coefficient (Wildman–Crippen LogP) is 4.89. The van der Waals surface area contributed by atoms with E-state index in [1.807, 2.05) is 29.2 Å². The van der Waals surface area contributed by atoms with Crippen molar-refractivity contribution in [2.24, 2.45) is 5.92 Å². The number of carbonyl (C=O) groups is 2. The highest BCUT2D eigenvalue weighted by atomic mass is 32.2. The van der Waals surface area contributed by atoms with Crippen molar-refractivity contribution in [2.75, 3.05) is 30.6 Å². The van der Waals surface area contributed by atoms with Gasteiger partial charge in [-0.3, -0.25) is 19.2 Å². The van der Waals surface area contributed by atoms with Crippen LogP contribution in [-0.2, 0) is 26.2 Å². The van der Waals surface area contributed by atoms with Gasteiger partial charge in [-0.2, -0.15) is 0 Å². The number of piperidine rings is 1. The van der Waals surface area contributed by atoms with Crippen molar-refractivity contribution in [1.82, 2.24) is 15.1 Å². The second-order valence-electron chi connectivity index (χ2n) is 12.1. The van der Waals surface area contributed by atoms with E-state index in [4.69, 9.17) is 4.74 Å². The van der Waals surface area contributed by atoms with Gasteiger partial charge in [0.25, 0.3) is 0 Å². The fraction of sp³-hybridized carbons (Fsp3) is 0.562. The summed E-state index contributed by atoms with van der Waals surface area (Å²) >= 11 is 0. The maximum absolute atomic E-state index is 13.8. The van der Waals surface area contributed by atoms with E-state index in [-0.39, 0.29) is 23.8 Å². The van der Waals surface area contributed by atoms with E-state index in [1.165, 1.54) is 6.42 Å². The largest absolute Gasteiger partial charge is 0.457 e. The van der Waals surface area contributed by atoms with Gasteiger partial charge in [0.1, 0.15) is 23.1 Å². The SMILES string of the molecule is CCCCN1C(=O)[C@H](C2CCCCC2)NC(=O)C12CCN(Cc1ccc(Oc3ccc(NS(C)(=O)=O)cc3)cc1)CC2. The van der Waals surface area contributed by atoms with Gasteiger partial charge in [0.2, 0.25) is 21.8 Å². The second kappa shape index (κ2) is 13.0. The van der Waals surface area contributed by atoms with Crippen molar-refractivity contribution in [1.29, 1.82) is 0 Å². The quantitative estimate of drug-likeness (QED) is 0.404. The van der Waals surface area contributed by atoms with Crippen LogP contribution in [0.25, 0.3) is 0 Å². The molecular formula is C32H44N4O5S. The number of amides is 2. The lowest BCUT2D eigenvalue weighted by molar-refractivity contribution is -0.163. The lowest BCUT2D eigenvalue weighted by Gasteiger charge is -2.53. The Hall–Kier alpha value is -3.11. The number of sulfonamides is 1. The van der Waals surface area contributed by atoms with Crippen LogP contribution in [0.1, 0.15) is 70.3 Å². The number of nitrogens with one attached hydrogen (secondary N) is 2. The monoisotopic (exact) mass is 596 g/mol. The maximum Gasteiger partial charge on any atom is 0.246 e. The number of nitrogens with zero attached hydrogens (tertiary/aromatic N) is 2. The molecule has 0 aromatic heterocycles. The Balaban J connectivity index is 1.18. The van der Waals surface area contributed by atoms with Gasteiger partial charge in [-0.1, -0.05) is 44.7 Å². The molecule has 2 aromatic carbocycles. The lowest BCUT2D eigenvalue weighted by atomic mass is 9.77. The Morgan fingerprint density at radius 2 is 1.57 bits per heavy atom. The van der Waals surface area contributed by atoms with Crippen LogP contribution in [-0.4, -0.2) is 67.5 Å². The summed E-state index contributed by atoms with van der Waals surface area (Å²) in [4.78, 5) is 31.9. The van der Waals surface area contributed by atoms with E-state index in [1.54, 1.807) is 24.3 Å². The van der Waals surface area contributed by atoms with Crippen LogP contribution in [0.4, 0.5) is 5.69 Å². The van der Waals surface area contributed by atoms with Crippen LogP contribution in [0.15, 0.2) is 48.5 Å². The van der Waals surface area contributed by atoms with E-state index in [2.05, 4.69) is 21.9 Å². The third-order valence-electron chi connectivity index (χ3n) is 9.02. The molecule has 2 N–H and O–H groups in total. The molecule has 0 bridgehead atoms. The fourth-order valence-electron chi connectivity index (χ4n) is 6.71.